The van der Waals surface area contributed by atoms with E-state index in [1.165, 1.54) is 25.5 Å². The monoisotopic (exact) mass is 224 g/mol. The Bertz CT molecular complexity index is 298. The molecule has 16 heavy (non-hydrogen) atoms. The molecule has 1 aliphatic heterocycles. The van der Waals surface area contributed by atoms with Gasteiger partial charge in [-0.05, 0) is 51.4 Å². The van der Waals surface area contributed by atoms with E-state index in [1.807, 2.05) is 6.08 Å². The Kier molecular flexibility index (Phi) is 3.99. The van der Waals surface area contributed by atoms with Gasteiger partial charge in [-0.15, -0.1) is 0 Å². The summed E-state index contributed by atoms with van der Waals surface area (Å²) in [6.45, 7) is 2.87. The van der Waals surface area contributed by atoms with Crippen molar-refractivity contribution in [2.24, 2.45) is 5.92 Å². The van der Waals surface area contributed by atoms with E-state index in [1.54, 1.807) is 6.42 Å². The van der Waals surface area contributed by atoms with E-state index >= 15 is 0 Å². The van der Waals surface area contributed by atoms with E-state index in [9.17, 15) is 4.39 Å². The summed E-state index contributed by atoms with van der Waals surface area (Å²) in [7, 11) is 2.13. The smallest absolute Gasteiger partial charge is 0.161 e. The van der Waals surface area contributed by atoms with E-state index in [0.717, 1.165) is 13.0 Å². The second kappa shape index (κ2) is 5.48. The molecule has 0 amide bonds. The molecular formula is C13H19FNO. The van der Waals surface area contributed by atoms with Crippen LogP contribution in [0.15, 0.2) is 23.7 Å². The summed E-state index contributed by atoms with van der Waals surface area (Å²) < 4.78 is 18.9. The van der Waals surface area contributed by atoms with E-state index in [-0.39, 0.29) is 5.83 Å². The summed E-state index contributed by atoms with van der Waals surface area (Å²) >= 11 is 0. The second-order valence-electron chi connectivity index (χ2n) is 4.64. The van der Waals surface area contributed by atoms with E-state index < -0.39 is 0 Å². The van der Waals surface area contributed by atoms with Gasteiger partial charge in [0.05, 0.1) is 6.61 Å². The minimum absolute atomic E-state index is 0.240. The third-order valence-corrected chi connectivity index (χ3v) is 3.14. The molecule has 1 aliphatic carbocycles. The predicted octanol–water partition coefficient (Wildman–Crippen LogP) is 2.69. The number of halogens is 1. The Labute approximate surface area is 96.8 Å². The third-order valence-electron chi connectivity index (χ3n) is 3.14. The van der Waals surface area contributed by atoms with Crippen LogP contribution in [0.25, 0.3) is 0 Å². The van der Waals surface area contributed by atoms with Crippen LogP contribution in [0.2, 0.25) is 0 Å². The molecule has 0 saturated carbocycles. The number of rotatable bonds is 3. The van der Waals surface area contributed by atoms with Gasteiger partial charge >= 0.3 is 0 Å². The van der Waals surface area contributed by atoms with Crippen LogP contribution in [0.4, 0.5) is 4.39 Å². The number of nitrogens with zero attached hydrogens (tertiary/aromatic N) is 1. The molecule has 0 aromatic rings. The summed E-state index contributed by atoms with van der Waals surface area (Å²) in [4.78, 5) is 2.31. The second-order valence-corrected chi connectivity index (χ2v) is 4.64. The fraction of sp³-hybridized carbons (Fsp3) is 0.615. The molecule has 2 rings (SSSR count). The maximum Gasteiger partial charge on any atom is 0.161 e. The van der Waals surface area contributed by atoms with Gasteiger partial charge in [0.25, 0.3) is 0 Å². The quantitative estimate of drug-likeness (QED) is 0.730. The van der Waals surface area contributed by atoms with Gasteiger partial charge in [-0.3, -0.25) is 0 Å². The van der Waals surface area contributed by atoms with Crippen molar-refractivity contribution in [2.45, 2.75) is 19.3 Å². The summed E-state index contributed by atoms with van der Waals surface area (Å²) in [5, 5.41) is 0. The topological polar surface area (TPSA) is 12.5 Å². The lowest BCUT2D eigenvalue weighted by atomic mass is 9.99. The lowest BCUT2D eigenvalue weighted by Crippen LogP contribution is -2.34. The lowest BCUT2D eigenvalue weighted by Gasteiger charge is -2.29. The molecule has 2 nitrogen and oxygen atoms in total. The van der Waals surface area contributed by atoms with Crippen LogP contribution >= 0.6 is 0 Å². The first-order valence-corrected chi connectivity index (χ1v) is 5.96. The number of hydrogen-bond acceptors (Lipinski definition) is 2. The van der Waals surface area contributed by atoms with Crippen LogP contribution in [-0.4, -0.2) is 31.6 Å². The Balaban J connectivity index is 1.78. The van der Waals surface area contributed by atoms with Crippen LogP contribution in [-0.2, 0) is 4.74 Å². The first-order valence-electron chi connectivity index (χ1n) is 5.96. The number of likely N-dealkylation sites (tertiary alicyclic amines) is 1. The Hall–Kier alpha value is -0.830. The summed E-state index contributed by atoms with van der Waals surface area (Å²) in [5.74, 6) is 0.726. The van der Waals surface area contributed by atoms with Crippen LogP contribution in [0.3, 0.4) is 0 Å². The van der Waals surface area contributed by atoms with Gasteiger partial charge < -0.3 is 9.64 Å². The molecule has 1 unspecified atom stereocenters. The highest BCUT2D eigenvalue weighted by Crippen LogP contribution is 2.23. The SMILES string of the molecule is CN1CCCC(COC2=CC[CH]C=C2F)C1. The molecule has 1 atom stereocenters. The molecule has 1 saturated heterocycles. The zero-order valence-corrected chi connectivity index (χ0v) is 9.79. The van der Waals surface area contributed by atoms with Crippen molar-refractivity contribution in [3.63, 3.8) is 0 Å². The Morgan fingerprint density at radius 3 is 3.19 bits per heavy atom. The zero-order valence-electron chi connectivity index (χ0n) is 9.79. The van der Waals surface area contributed by atoms with Crippen LogP contribution in [0.5, 0.6) is 0 Å². The average molecular weight is 224 g/mol. The van der Waals surface area contributed by atoms with Crippen molar-refractivity contribution < 1.29 is 9.13 Å². The van der Waals surface area contributed by atoms with Gasteiger partial charge in [0.15, 0.2) is 11.6 Å². The van der Waals surface area contributed by atoms with Crippen LogP contribution in [0.1, 0.15) is 19.3 Å². The molecule has 89 valence electrons. The molecule has 0 bridgehead atoms. The van der Waals surface area contributed by atoms with Crippen LogP contribution in [0, 0.1) is 12.3 Å². The van der Waals surface area contributed by atoms with Crippen LogP contribution < -0.4 is 0 Å². The fourth-order valence-electron chi connectivity index (χ4n) is 2.27. The minimum Gasteiger partial charge on any atom is -0.491 e. The average Bonchev–Trinajstić information content (AvgIpc) is 2.28. The number of piperidine rings is 1. The van der Waals surface area contributed by atoms with Crippen molar-refractivity contribution in [3.05, 3.63) is 30.2 Å². The highest BCUT2D eigenvalue weighted by molar-refractivity contribution is 5.27. The van der Waals surface area contributed by atoms with Gasteiger partial charge in [0.1, 0.15) is 0 Å². The molecule has 0 N–H and O–H groups in total. The number of ether oxygens (including phenoxy) is 1. The predicted molar refractivity (Wildman–Crippen MR) is 62.4 cm³/mol. The van der Waals surface area contributed by atoms with Crippen molar-refractivity contribution >= 4 is 0 Å². The highest BCUT2D eigenvalue weighted by Gasteiger charge is 2.19. The van der Waals surface area contributed by atoms with Gasteiger partial charge in [0.2, 0.25) is 0 Å². The molecule has 0 aromatic carbocycles. The Morgan fingerprint density at radius 1 is 1.56 bits per heavy atom. The van der Waals surface area contributed by atoms with E-state index in [0.29, 0.717) is 18.3 Å². The normalized spacial score (nSPS) is 27.2. The third kappa shape index (κ3) is 3.08. The highest BCUT2D eigenvalue weighted by atomic mass is 19.1. The number of hydrogen-bond donors (Lipinski definition) is 0. The molecule has 2 aliphatic rings. The van der Waals surface area contributed by atoms with Gasteiger partial charge in [-0.1, -0.05) is 0 Å². The van der Waals surface area contributed by atoms with Crippen molar-refractivity contribution in [1.29, 1.82) is 0 Å². The molecule has 0 aromatic heterocycles. The van der Waals surface area contributed by atoms with Gasteiger partial charge in [-0.25, -0.2) is 4.39 Å². The summed E-state index contributed by atoms with van der Waals surface area (Å²) in [6.07, 6.45) is 8.28. The van der Waals surface area contributed by atoms with Crippen molar-refractivity contribution in [2.75, 3.05) is 26.7 Å². The first-order chi connectivity index (χ1) is 7.75. The van der Waals surface area contributed by atoms with E-state index in [2.05, 4.69) is 11.9 Å². The standard InChI is InChI=1S/C13H19FNO/c1-15-8-4-5-11(9-15)10-16-13-7-3-2-6-12(13)14/h2,6-7,11H,3-5,8-10H2,1H3. The molecule has 0 spiro atoms. The maximum absolute atomic E-state index is 13.3. The maximum atomic E-state index is 13.3. The summed E-state index contributed by atoms with van der Waals surface area (Å²) in [6, 6.07) is 0. The number of allylic oxidation sites excluding steroid dienone is 3. The largest absolute Gasteiger partial charge is 0.491 e. The summed E-state index contributed by atoms with van der Waals surface area (Å²) in [5.41, 5.74) is 0. The van der Waals surface area contributed by atoms with Gasteiger partial charge in [-0.2, -0.15) is 0 Å². The van der Waals surface area contributed by atoms with E-state index in [4.69, 9.17) is 4.74 Å². The lowest BCUT2D eigenvalue weighted by molar-refractivity contribution is 0.108. The first kappa shape index (κ1) is 11.6. The molecular weight excluding hydrogens is 205 g/mol. The van der Waals surface area contributed by atoms with Crippen molar-refractivity contribution in [1.82, 2.24) is 4.90 Å². The molecule has 1 radical (unpaired) electrons. The molecule has 1 heterocycles. The fourth-order valence-corrected chi connectivity index (χ4v) is 2.27. The zero-order chi connectivity index (χ0) is 11.4. The van der Waals surface area contributed by atoms with Gasteiger partial charge in [0, 0.05) is 12.5 Å². The molecule has 3 heteroatoms. The Morgan fingerprint density at radius 2 is 2.44 bits per heavy atom. The minimum atomic E-state index is -0.240. The molecule has 1 fully saturated rings. The van der Waals surface area contributed by atoms with Crippen molar-refractivity contribution in [3.8, 4) is 0 Å².